The fourth-order valence-corrected chi connectivity index (χ4v) is 2.78. The monoisotopic (exact) mass is 360 g/mol. The van der Waals surface area contributed by atoms with Crippen LogP contribution in [-0.2, 0) is 14.2 Å². The lowest BCUT2D eigenvalue weighted by molar-refractivity contribution is -0.256. The number of methoxy groups -OCH3 is 1. The number of hydrogen-bond acceptors (Lipinski definition) is 4. The van der Waals surface area contributed by atoms with Crippen LogP contribution in [0.4, 0.5) is 0 Å². The van der Waals surface area contributed by atoms with Crippen LogP contribution in [0, 0.1) is 11.7 Å². The Hall–Kier alpha value is -1.74. The molecule has 0 aromatic heterocycles. The number of ether oxygens (including phenoxy) is 4. The molecule has 0 N–H and O–H groups in total. The van der Waals surface area contributed by atoms with E-state index >= 15 is 0 Å². The van der Waals surface area contributed by atoms with Crippen LogP contribution < -0.4 is 4.74 Å². The van der Waals surface area contributed by atoms with Crippen LogP contribution in [0.15, 0.2) is 36.9 Å². The molecule has 0 amide bonds. The maximum Gasteiger partial charge on any atom is 0.184 e. The molecular weight excluding hydrogens is 332 g/mol. The Morgan fingerprint density at radius 3 is 2.60 bits per heavy atom. The highest BCUT2D eigenvalue weighted by Gasteiger charge is 2.33. The van der Waals surface area contributed by atoms with Gasteiger partial charge in [0.15, 0.2) is 12.4 Å². The molecule has 0 bridgehead atoms. The summed E-state index contributed by atoms with van der Waals surface area (Å²) >= 11 is 0. The Labute approximate surface area is 152 Å². The van der Waals surface area contributed by atoms with Crippen molar-refractivity contribution in [1.29, 1.82) is 0 Å². The molecule has 2 rings (SSSR count). The first-order chi connectivity index (χ1) is 11.9. The van der Waals surface area contributed by atoms with E-state index in [0.29, 0.717) is 6.61 Å². The summed E-state index contributed by atoms with van der Waals surface area (Å²) in [7, 11) is 0.190. The molecule has 0 saturated carbocycles. The molecule has 3 atom stereocenters. The van der Waals surface area contributed by atoms with Crippen molar-refractivity contribution < 1.29 is 18.9 Å². The SMILES string of the molecule is C=CCC[C@@H]1O[C@H](c2ccc(OC)cc2)OC[C@H]1OC#C[Si](C)(C)C. The zero-order chi connectivity index (χ0) is 18.3. The maximum absolute atomic E-state index is 6.15. The van der Waals surface area contributed by atoms with E-state index in [-0.39, 0.29) is 12.2 Å². The van der Waals surface area contributed by atoms with E-state index < -0.39 is 14.4 Å². The third-order valence-electron chi connectivity index (χ3n) is 3.80. The normalized spacial score (nSPS) is 23.3. The minimum absolute atomic E-state index is 0.0743. The van der Waals surface area contributed by atoms with Gasteiger partial charge in [0, 0.05) is 5.56 Å². The Kier molecular flexibility index (Phi) is 7.12. The van der Waals surface area contributed by atoms with Gasteiger partial charge in [0.05, 0.1) is 13.7 Å². The molecule has 1 aliphatic rings. The molecule has 1 fully saturated rings. The molecule has 25 heavy (non-hydrogen) atoms. The first-order valence-corrected chi connectivity index (χ1v) is 12.1. The zero-order valence-corrected chi connectivity index (χ0v) is 16.6. The van der Waals surface area contributed by atoms with Crippen LogP contribution in [0.2, 0.25) is 19.6 Å². The second kappa shape index (κ2) is 9.09. The van der Waals surface area contributed by atoms with Gasteiger partial charge < -0.3 is 18.9 Å². The fraction of sp³-hybridized carbons (Fsp3) is 0.500. The van der Waals surface area contributed by atoms with Crippen molar-refractivity contribution in [2.24, 2.45) is 0 Å². The van der Waals surface area contributed by atoms with E-state index in [9.17, 15) is 0 Å². The predicted molar refractivity (Wildman–Crippen MR) is 102 cm³/mol. The van der Waals surface area contributed by atoms with Crippen molar-refractivity contribution in [2.45, 2.75) is 51.0 Å². The largest absolute Gasteiger partial charge is 0.497 e. The zero-order valence-electron chi connectivity index (χ0n) is 15.6. The van der Waals surface area contributed by atoms with E-state index in [1.54, 1.807) is 7.11 Å². The maximum atomic E-state index is 6.15. The quantitative estimate of drug-likeness (QED) is 0.431. The molecule has 136 valence electrons. The van der Waals surface area contributed by atoms with Crippen LogP contribution in [0.5, 0.6) is 5.75 Å². The molecule has 0 aliphatic carbocycles. The van der Waals surface area contributed by atoms with Gasteiger partial charge in [-0.15, -0.1) is 6.58 Å². The summed E-state index contributed by atoms with van der Waals surface area (Å²) in [4.78, 5) is 0. The standard InChI is InChI=1S/C20H28O4Si/c1-6-7-8-18-19(22-13-14-25(3,4)5)15-23-20(24-18)16-9-11-17(21-2)12-10-16/h6,9-12,18-20H,1,7-8,15H2,2-5H3/t18-,19+,20+/m0/s1. The number of rotatable bonds is 6. The van der Waals surface area contributed by atoms with Crippen molar-refractivity contribution in [1.82, 2.24) is 0 Å². The molecule has 1 saturated heterocycles. The molecule has 0 spiro atoms. The van der Waals surface area contributed by atoms with Crippen molar-refractivity contribution in [3.05, 3.63) is 42.5 Å². The topological polar surface area (TPSA) is 36.9 Å². The van der Waals surface area contributed by atoms with Crippen molar-refractivity contribution >= 4 is 8.07 Å². The highest BCUT2D eigenvalue weighted by atomic mass is 28.3. The Bertz CT molecular complexity index is 609. The summed E-state index contributed by atoms with van der Waals surface area (Å²) in [5, 5.41) is 0. The van der Waals surface area contributed by atoms with Crippen molar-refractivity contribution in [2.75, 3.05) is 13.7 Å². The van der Waals surface area contributed by atoms with Gasteiger partial charge >= 0.3 is 0 Å². The third kappa shape index (κ3) is 6.24. The number of allylic oxidation sites excluding steroid dienone is 1. The van der Waals surface area contributed by atoms with Crippen LogP contribution in [0.3, 0.4) is 0 Å². The second-order valence-corrected chi connectivity index (χ2v) is 11.9. The molecule has 5 heteroatoms. The predicted octanol–water partition coefficient (Wildman–Crippen LogP) is 4.30. The van der Waals surface area contributed by atoms with Gasteiger partial charge in [-0.25, -0.2) is 0 Å². The molecule has 1 aromatic carbocycles. The lowest BCUT2D eigenvalue weighted by Crippen LogP contribution is -2.41. The van der Waals surface area contributed by atoms with Gasteiger partial charge in [-0.2, -0.15) is 0 Å². The Morgan fingerprint density at radius 2 is 2.00 bits per heavy atom. The van der Waals surface area contributed by atoms with Gasteiger partial charge in [-0.1, -0.05) is 43.4 Å². The van der Waals surface area contributed by atoms with Gasteiger partial charge in [0.25, 0.3) is 0 Å². The highest BCUT2D eigenvalue weighted by Crippen LogP contribution is 2.30. The van der Waals surface area contributed by atoms with Gasteiger partial charge in [0.1, 0.15) is 26.0 Å². The fourth-order valence-electron chi connectivity index (χ4n) is 2.42. The molecule has 1 heterocycles. The third-order valence-corrected chi connectivity index (χ3v) is 4.66. The summed E-state index contributed by atoms with van der Waals surface area (Å²) in [5.41, 5.74) is 4.19. The second-order valence-electron chi connectivity index (χ2n) is 7.11. The van der Waals surface area contributed by atoms with E-state index in [0.717, 1.165) is 24.2 Å². The summed E-state index contributed by atoms with van der Waals surface area (Å²) < 4.78 is 23.0. The van der Waals surface area contributed by atoms with Gasteiger partial charge in [-0.05, 0) is 25.0 Å². The summed E-state index contributed by atoms with van der Waals surface area (Å²) in [6.07, 6.45) is 5.82. The smallest absolute Gasteiger partial charge is 0.184 e. The molecule has 0 radical (unpaired) electrons. The molecule has 4 nitrogen and oxygen atoms in total. The van der Waals surface area contributed by atoms with E-state index in [2.05, 4.69) is 37.9 Å². The van der Waals surface area contributed by atoms with Crippen LogP contribution in [0.1, 0.15) is 24.7 Å². The minimum Gasteiger partial charge on any atom is -0.497 e. The highest BCUT2D eigenvalue weighted by molar-refractivity contribution is 6.83. The van der Waals surface area contributed by atoms with Crippen LogP contribution >= 0.6 is 0 Å². The first-order valence-electron chi connectivity index (χ1n) is 8.62. The van der Waals surface area contributed by atoms with E-state index in [4.69, 9.17) is 18.9 Å². The molecule has 0 unspecified atom stereocenters. The Morgan fingerprint density at radius 1 is 1.28 bits per heavy atom. The van der Waals surface area contributed by atoms with E-state index in [1.165, 1.54) is 0 Å². The summed E-state index contributed by atoms with van der Waals surface area (Å²) in [5.74, 6) is 0.811. The summed E-state index contributed by atoms with van der Waals surface area (Å²) in [6.45, 7) is 10.8. The Balaban J connectivity index is 2.04. The average Bonchev–Trinajstić information content (AvgIpc) is 2.59. The van der Waals surface area contributed by atoms with Crippen LogP contribution in [-0.4, -0.2) is 34.0 Å². The average molecular weight is 361 g/mol. The molecule has 1 aliphatic heterocycles. The lowest BCUT2D eigenvalue weighted by atomic mass is 10.1. The van der Waals surface area contributed by atoms with Crippen molar-refractivity contribution in [3.63, 3.8) is 0 Å². The van der Waals surface area contributed by atoms with E-state index in [1.807, 2.05) is 30.3 Å². The molecular formula is C20H28O4Si. The number of benzene rings is 1. The van der Waals surface area contributed by atoms with Crippen molar-refractivity contribution in [3.8, 4) is 17.4 Å². The number of hydrogen-bond donors (Lipinski definition) is 0. The molecule has 1 aromatic rings. The summed E-state index contributed by atoms with van der Waals surface area (Å²) in [6, 6.07) is 7.73. The minimum atomic E-state index is -1.46. The first kappa shape index (κ1) is 19.6. The van der Waals surface area contributed by atoms with Gasteiger partial charge in [-0.3, -0.25) is 0 Å². The lowest BCUT2D eigenvalue weighted by Gasteiger charge is -2.35. The van der Waals surface area contributed by atoms with Gasteiger partial charge in [0.2, 0.25) is 0 Å². The van der Waals surface area contributed by atoms with Crippen LogP contribution in [0.25, 0.3) is 0 Å².